The lowest BCUT2D eigenvalue weighted by Crippen LogP contribution is -2.26. The molecule has 8 nitrogen and oxygen atoms in total. The molecule has 42 heavy (non-hydrogen) atoms. The number of hydrogen-bond acceptors (Lipinski definition) is 9. The summed E-state index contributed by atoms with van der Waals surface area (Å²) in [5.74, 6) is 0.923. The van der Waals surface area contributed by atoms with Gasteiger partial charge in [0.2, 0.25) is 10.3 Å². The molecule has 0 saturated heterocycles. The molecule has 5 rings (SSSR count). The Bertz CT molecular complexity index is 1870. The van der Waals surface area contributed by atoms with E-state index in [9.17, 15) is 12.8 Å². The fourth-order valence-electron chi connectivity index (χ4n) is 4.21. The maximum atomic E-state index is 13.5. The fourth-order valence-corrected chi connectivity index (χ4v) is 6.08. The molecule has 0 unspecified atom stereocenters. The van der Waals surface area contributed by atoms with E-state index in [-0.39, 0.29) is 18.3 Å². The minimum absolute atomic E-state index is 0.0514. The third-order valence-corrected chi connectivity index (χ3v) is 8.91. The molecule has 0 aliphatic carbocycles. The second kappa shape index (κ2) is 13.5. The molecule has 0 aliphatic rings. The van der Waals surface area contributed by atoms with Crippen LogP contribution in [-0.4, -0.2) is 34.8 Å². The van der Waals surface area contributed by atoms with Crippen molar-refractivity contribution in [2.45, 2.75) is 27.0 Å². The van der Waals surface area contributed by atoms with Crippen molar-refractivity contribution in [1.29, 1.82) is 0 Å². The molecule has 2 heterocycles. The van der Waals surface area contributed by atoms with Crippen LogP contribution in [0.25, 0.3) is 22.2 Å². The summed E-state index contributed by atoms with van der Waals surface area (Å²) in [4.78, 5) is 14.1. The Kier molecular flexibility index (Phi) is 9.58. The van der Waals surface area contributed by atoms with Crippen molar-refractivity contribution in [2.24, 2.45) is 5.92 Å². The molecule has 0 bridgehead atoms. The van der Waals surface area contributed by atoms with Crippen molar-refractivity contribution in [2.75, 3.05) is 11.9 Å². The average Bonchev–Trinajstić information content (AvgIpc) is 3.43. The molecular formula is C30H27BrFN5O3S2. The summed E-state index contributed by atoms with van der Waals surface area (Å²) >= 11 is 5.08. The second-order valence-electron chi connectivity index (χ2n) is 9.73. The molecule has 0 fully saturated rings. The quantitative estimate of drug-likeness (QED) is 0.149. The van der Waals surface area contributed by atoms with E-state index in [1.54, 1.807) is 6.07 Å². The third kappa shape index (κ3) is 7.37. The molecule has 2 aromatic heterocycles. The third-order valence-electron chi connectivity index (χ3n) is 6.39. The number of benzene rings is 3. The molecule has 2 N–H and O–H groups in total. The van der Waals surface area contributed by atoms with Crippen LogP contribution in [0.3, 0.4) is 0 Å². The summed E-state index contributed by atoms with van der Waals surface area (Å²) in [6, 6.07) is 17.8. The molecule has 216 valence electrons. The molecule has 0 saturated carbocycles. The highest BCUT2D eigenvalue weighted by Crippen LogP contribution is 2.33. The number of ether oxygens (including phenoxy) is 1. The number of nitrogens with one attached hydrogen (secondary N) is 2. The van der Waals surface area contributed by atoms with Crippen molar-refractivity contribution >= 4 is 64.8 Å². The fraction of sp³-hybridized carbons (Fsp3) is 0.200. The Hall–Kier alpha value is -3.71. The summed E-state index contributed by atoms with van der Waals surface area (Å²) < 4.78 is 42.9. The van der Waals surface area contributed by atoms with E-state index in [2.05, 4.69) is 36.5 Å². The van der Waals surface area contributed by atoms with Gasteiger partial charge in [0.05, 0.1) is 20.5 Å². The maximum Gasteiger partial charge on any atom is 0.214 e. The van der Waals surface area contributed by atoms with Crippen molar-refractivity contribution < 1.29 is 17.5 Å². The highest BCUT2D eigenvalue weighted by Gasteiger charge is 2.12. The smallest absolute Gasteiger partial charge is 0.214 e. The van der Waals surface area contributed by atoms with Gasteiger partial charge in [-0.15, -0.1) is 11.3 Å². The minimum atomic E-state index is -2.21. The molecule has 0 aliphatic heterocycles. The van der Waals surface area contributed by atoms with Gasteiger partial charge in [-0.2, -0.15) is 8.42 Å². The number of nitrogens with zero attached hydrogens (tertiary/aromatic N) is 3. The van der Waals surface area contributed by atoms with Gasteiger partial charge in [0.1, 0.15) is 35.3 Å². The Labute approximate surface area is 256 Å². The van der Waals surface area contributed by atoms with E-state index >= 15 is 0 Å². The number of aromatic nitrogens is 3. The predicted octanol–water partition coefficient (Wildman–Crippen LogP) is 6.77. The van der Waals surface area contributed by atoms with Crippen LogP contribution < -0.4 is 15.4 Å². The Morgan fingerprint density at radius 1 is 1.10 bits per heavy atom. The molecule has 3 aromatic carbocycles. The summed E-state index contributed by atoms with van der Waals surface area (Å²) in [5, 5.41) is 10.2. The highest BCUT2D eigenvalue weighted by molar-refractivity contribution is 9.10. The van der Waals surface area contributed by atoms with E-state index in [1.165, 1.54) is 29.8 Å². The number of fused-ring (bicyclic) bond motifs is 1. The molecule has 0 spiro atoms. The standard InChI is InChI=1S/C30H27BrFN5O3S2/c1-18(2)28(42(38)39)13-33-14-29-37-26(16-41-29)20-6-8-25-23(11-20)30(35-17-34-25)36-22-7-9-27(24(31)12-22)40-15-19-4-3-5-21(32)10-19/h3-12,16-18,33H,13-15H2,1-2H3,(H,34,35,36). The number of anilines is 2. The average molecular weight is 669 g/mol. The number of rotatable bonds is 11. The zero-order valence-electron chi connectivity index (χ0n) is 22.8. The first-order chi connectivity index (χ1) is 20.3. The van der Waals surface area contributed by atoms with Crippen LogP contribution in [0.1, 0.15) is 24.4 Å². The van der Waals surface area contributed by atoms with Gasteiger partial charge in [0, 0.05) is 35.1 Å². The van der Waals surface area contributed by atoms with Gasteiger partial charge in [0.25, 0.3) is 0 Å². The molecule has 0 radical (unpaired) electrons. The van der Waals surface area contributed by atoms with Gasteiger partial charge < -0.3 is 15.4 Å². The largest absolute Gasteiger partial charge is 0.488 e. The Morgan fingerprint density at radius 2 is 1.95 bits per heavy atom. The predicted molar refractivity (Wildman–Crippen MR) is 169 cm³/mol. The normalized spacial score (nSPS) is 11.2. The SMILES string of the molecule is CC(C)C(CNCc1nc(-c2ccc3ncnc(Nc4ccc(OCc5cccc(F)c5)c(Br)c4)c3c2)cs1)=S(=O)=O. The first kappa shape index (κ1) is 29.8. The van der Waals surface area contributed by atoms with Crippen molar-refractivity contribution in [3.63, 3.8) is 0 Å². The van der Waals surface area contributed by atoms with Gasteiger partial charge in [0.15, 0.2) is 0 Å². The van der Waals surface area contributed by atoms with Crippen LogP contribution >= 0.6 is 27.3 Å². The summed E-state index contributed by atoms with van der Waals surface area (Å²) in [6.07, 6.45) is 1.51. The van der Waals surface area contributed by atoms with Crippen LogP contribution in [0.5, 0.6) is 5.75 Å². The first-order valence-corrected chi connectivity index (χ1v) is 15.8. The lowest BCUT2D eigenvalue weighted by molar-refractivity contribution is 0.303. The van der Waals surface area contributed by atoms with Crippen LogP contribution in [0.4, 0.5) is 15.9 Å². The van der Waals surface area contributed by atoms with Crippen LogP contribution in [0.15, 0.2) is 76.8 Å². The molecular weight excluding hydrogens is 641 g/mol. The van der Waals surface area contributed by atoms with E-state index in [0.29, 0.717) is 29.5 Å². The van der Waals surface area contributed by atoms with Gasteiger partial charge in [-0.1, -0.05) is 32.0 Å². The first-order valence-electron chi connectivity index (χ1n) is 13.1. The van der Waals surface area contributed by atoms with Crippen molar-refractivity contribution in [3.8, 4) is 17.0 Å². The molecule has 12 heteroatoms. The molecule has 5 aromatic rings. The Morgan fingerprint density at radius 3 is 2.71 bits per heavy atom. The molecule has 0 atom stereocenters. The van der Waals surface area contributed by atoms with Gasteiger partial charge >= 0.3 is 0 Å². The van der Waals surface area contributed by atoms with Crippen LogP contribution in [0.2, 0.25) is 0 Å². The summed E-state index contributed by atoms with van der Waals surface area (Å²) in [5.41, 5.74) is 4.05. The number of halogens is 2. The van der Waals surface area contributed by atoms with E-state index in [0.717, 1.165) is 42.9 Å². The minimum Gasteiger partial charge on any atom is -0.488 e. The number of hydrogen-bond donors (Lipinski definition) is 2. The monoisotopic (exact) mass is 667 g/mol. The molecule has 0 amide bonds. The van der Waals surface area contributed by atoms with Crippen molar-refractivity contribution in [3.05, 3.63) is 93.2 Å². The van der Waals surface area contributed by atoms with Crippen LogP contribution in [-0.2, 0) is 23.4 Å². The van der Waals surface area contributed by atoms with E-state index < -0.39 is 10.3 Å². The second-order valence-corrected chi connectivity index (χ2v) is 12.5. The van der Waals surface area contributed by atoms with Gasteiger partial charge in [-0.25, -0.2) is 19.3 Å². The van der Waals surface area contributed by atoms with E-state index in [4.69, 9.17) is 9.72 Å². The van der Waals surface area contributed by atoms with Gasteiger partial charge in [-0.05, 0) is 69.9 Å². The maximum absolute atomic E-state index is 13.5. The van der Waals surface area contributed by atoms with Gasteiger partial charge in [-0.3, -0.25) is 0 Å². The van der Waals surface area contributed by atoms with Crippen LogP contribution in [0, 0.1) is 11.7 Å². The zero-order chi connectivity index (χ0) is 29.6. The lowest BCUT2D eigenvalue weighted by Gasteiger charge is -2.12. The zero-order valence-corrected chi connectivity index (χ0v) is 26.0. The summed E-state index contributed by atoms with van der Waals surface area (Å²) in [6.45, 7) is 4.73. The highest BCUT2D eigenvalue weighted by atomic mass is 79.9. The lowest BCUT2D eigenvalue weighted by atomic mass is 10.1. The number of thiazole rings is 1. The van der Waals surface area contributed by atoms with E-state index in [1.807, 2.05) is 61.7 Å². The Balaban J connectivity index is 1.30. The van der Waals surface area contributed by atoms with Crippen molar-refractivity contribution in [1.82, 2.24) is 20.3 Å². The summed E-state index contributed by atoms with van der Waals surface area (Å²) in [7, 11) is -2.21. The topological polar surface area (TPSA) is 106 Å².